The molecule has 11 heteroatoms. The number of hydrogen-bond donors (Lipinski definition) is 1. The molecule has 2 aliphatic rings. The van der Waals surface area contributed by atoms with Crippen LogP contribution in [0, 0.1) is 30.4 Å². The Morgan fingerprint density at radius 3 is 2.32 bits per heavy atom. The molecule has 1 aromatic carbocycles. The minimum Gasteiger partial charge on any atom is -0.384 e. The maximum absolute atomic E-state index is 14.7. The highest BCUT2D eigenvalue weighted by Crippen LogP contribution is 2.35. The zero-order valence-corrected chi connectivity index (χ0v) is 19.1. The molecule has 0 spiro atoms. The minimum absolute atomic E-state index is 0.0387. The minimum atomic E-state index is -1.44. The van der Waals surface area contributed by atoms with Gasteiger partial charge in [-0.05, 0) is 32.9 Å². The molecule has 2 aliphatic heterocycles. The highest BCUT2D eigenvalue weighted by Gasteiger charge is 2.43. The number of likely N-dealkylation sites (tertiary alicyclic amines) is 1. The normalized spacial score (nSPS) is 20.2. The maximum atomic E-state index is 14.7. The van der Waals surface area contributed by atoms with E-state index >= 15 is 0 Å². The molecule has 2 fully saturated rings. The number of anilines is 1. The van der Waals surface area contributed by atoms with Crippen molar-refractivity contribution < 1.29 is 18.7 Å². The van der Waals surface area contributed by atoms with Gasteiger partial charge in [0.25, 0.3) is 5.91 Å². The summed E-state index contributed by atoms with van der Waals surface area (Å²) in [6, 6.07) is 4.39. The number of carbonyl (C=O) groups is 1. The van der Waals surface area contributed by atoms with Gasteiger partial charge in [-0.1, -0.05) is 6.07 Å². The molecule has 0 unspecified atom stereocenters. The van der Waals surface area contributed by atoms with Gasteiger partial charge in [0.2, 0.25) is 5.95 Å². The molecule has 1 amide bonds. The van der Waals surface area contributed by atoms with Gasteiger partial charge in [-0.2, -0.15) is 15.0 Å². The summed E-state index contributed by atoms with van der Waals surface area (Å²) in [6.45, 7) is 6.59. The Morgan fingerprint density at radius 2 is 1.71 bits per heavy atom. The van der Waals surface area contributed by atoms with Crippen molar-refractivity contribution in [3.05, 3.63) is 59.2 Å². The zero-order chi connectivity index (χ0) is 24.2. The Hall–Kier alpha value is -3.47. The van der Waals surface area contributed by atoms with Crippen LogP contribution >= 0.6 is 0 Å². The molecule has 2 atom stereocenters. The van der Waals surface area contributed by atoms with Crippen molar-refractivity contribution in [2.45, 2.75) is 26.4 Å². The van der Waals surface area contributed by atoms with E-state index in [2.05, 4.69) is 20.2 Å². The molecule has 0 aliphatic carbocycles. The number of nitrogens with zero attached hydrogens (tertiary/aromatic N) is 7. The molecule has 2 aromatic heterocycles. The molecule has 0 saturated carbocycles. The third-order valence-corrected chi connectivity index (χ3v) is 6.48. The number of amides is 1. The number of benzene rings is 1. The third-order valence-electron chi connectivity index (χ3n) is 6.48. The van der Waals surface area contributed by atoms with Gasteiger partial charge in [-0.15, -0.1) is 0 Å². The molecule has 2 saturated heterocycles. The molecule has 4 heterocycles. The van der Waals surface area contributed by atoms with Gasteiger partial charge in [0.05, 0.1) is 18.1 Å². The first kappa shape index (κ1) is 22.3. The standard InChI is InChI=1S/C23H25F2N7O2/c1-13-19(25)20(23(2,3)34)29-22(28-13)31-11-14-9-30(10-15(14)12-31)21(33)18-16(24)5-4-6-17(18)32-26-7-8-27-32/h4-8,14-15,34H,9-12H2,1-3H3/t14-,15+. The van der Waals surface area contributed by atoms with E-state index in [-0.39, 0.29) is 28.8 Å². The summed E-state index contributed by atoms with van der Waals surface area (Å²) in [5, 5.41) is 18.4. The summed E-state index contributed by atoms with van der Waals surface area (Å²) in [7, 11) is 0. The summed E-state index contributed by atoms with van der Waals surface area (Å²) >= 11 is 0. The molecule has 1 N–H and O–H groups in total. The summed E-state index contributed by atoms with van der Waals surface area (Å²) in [6.07, 6.45) is 2.94. The van der Waals surface area contributed by atoms with Crippen LogP contribution in [0.15, 0.2) is 30.6 Å². The van der Waals surface area contributed by atoms with Gasteiger partial charge in [0, 0.05) is 38.0 Å². The second-order valence-corrected chi connectivity index (χ2v) is 9.42. The van der Waals surface area contributed by atoms with Crippen LogP contribution < -0.4 is 4.90 Å². The summed E-state index contributed by atoms with van der Waals surface area (Å²) in [5.74, 6) is -0.982. The average molecular weight is 469 g/mol. The fraction of sp³-hybridized carbons (Fsp3) is 0.435. The Balaban J connectivity index is 1.35. The quantitative estimate of drug-likeness (QED) is 0.625. The van der Waals surface area contributed by atoms with E-state index in [0.29, 0.717) is 37.8 Å². The van der Waals surface area contributed by atoms with Crippen LogP contribution in [0.1, 0.15) is 35.6 Å². The van der Waals surface area contributed by atoms with Crippen molar-refractivity contribution in [3.63, 3.8) is 0 Å². The van der Waals surface area contributed by atoms with Crippen molar-refractivity contribution in [1.29, 1.82) is 0 Å². The second kappa shape index (κ2) is 8.08. The van der Waals surface area contributed by atoms with E-state index in [1.807, 2.05) is 4.90 Å². The largest absolute Gasteiger partial charge is 0.384 e. The predicted molar refractivity (Wildman–Crippen MR) is 118 cm³/mol. The number of hydrogen-bond acceptors (Lipinski definition) is 7. The first-order valence-electron chi connectivity index (χ1n) is 11.1. The Kier molecular flexibility index (Phi) is 5.31. The van der Waals surface area contributed by atoms with Crippen LogP contribution in [0.5, 0.6) is 0 Å². The van der Waals surface area contributed by atoms with E-state index in [9.17, 15) is 18.7 Å². The zero-order valence-electron chi connectivity index (χ0n) is 19.1. The summed E-state index contributed by atoms with van der Waals surface area (Å²) in [5.41, 5.74) is -1.06. The number of fused-ring (bicyclic) bond motifs is 1. The van der Waals surface area contributed by atoms with E-state index < -0.39 is 23.1 Å². The number of aliphatic hydroxyl groups is 1. The number of halogens is 2. The van der Waals surface area contributed by atoms with Gasteiger partial charge < -0.3 is 14.9 Å². The summed E-state index contributed by atoms with van der Waals surface area (Å²) in [4.78, 5) is 26.8. The van der Waals surface area contributed by atoms with Gasteiger partial charge in [0.1, 0.15) is 28.4 Å². The predicted octanol–water partition coefficient (Wildman–Crippen LogP) is 2.08. The monoisotopic (exact) mass is 469 g/mol. The van der Waals surface area contributed by atoms with Crippen LogP contribution in [-0.2, 0) is 5.60 Å². The SMILES string of the molecule is Cc1nc(N2C[C@H]3CN(C(=O)c4c(F)cccc4-n4nccn4)C[C@H]3C2)nc(C(C)(C)O)c1F. The summed E-state index contributed by atoms with van der Waals surface area (Å²) < 4.78 is 29.2. The van der Waals surface area contributed by atoms with Gasteiger partial charge in [-0.25, -0.2) is 18.7 Å². The molecule has 3 aromatic rings. The van der Waals surface area contributed by atoms with Crippen molar-refractivity contribution in [2.75, 3.05) is 31.1 Å². The molecule has 34 heavy (non-hydrogen) atoms. The molecular formula is C23H25F2N7O2. The van der Waals surface area contributed by atoms with Crippen LogP contribution in [0.25, 0.3) is 5.69 Å². The van der Waals surface area contributed by atoms with Crippen LogP contribution in [0.2, 0.25) is 0 Å². The van der Waals surface area contributed by atoms with Crippen molar-refractivity contribution in [2.24, 2.45) is 11.8 Å². The van der Waals surface area contributed by atoms with Crippen molar-refractivity contribution in [3.8, 4) is 5.69 Å². The lowest BCUT2D eigenvalue weighted by Crippen LogP contribution is -2.35. The van der Waals surface area contributed by atoms with Crippen molar-refractivity contribution >= 4 is 11.9 Å². The van der Waals surface area contributed by atoms with E-state index in [1.165, 1.54) is 43.2 Å². The number of aromatic nitrogens is 5. The van der Waals surface area contributed by atoms with E-state index in [4.69, 9.17) is 0 Å². The highest BCUT2D eigenvalue weighted by molar-refractivity contribution is 5.98. The molecule has 9 nitrogen and oxygen atoms in total. The lowest BCUT2D eigenvalue weighted by molar-refractivity contribution is 0.0690. The Morgan fingerprint density at radius 1 is 1.06 bits per heavy atom. The van der Waals surface area contributed by atoms with E-state index in [1.54, 1.807) is 17.9 Å². The van der Waals surface area contributed by atoms with Gasteiger partial charge in [0.15, 0.2) is 5.82 Å². The maximum Gasteiger partial charge on any atom is 0.259 e. The topological polar surface area (TPSA) is 100 Å². The average Bonchev–Trinajstić information content (AvgIpc) is 3.50. The number of rotatable bonds is 4. The first-order chi connectivity index (χ1) is 16.1. The Labute approximate surface area is 195 Å². The molecule has 0 radical (unpaired) electrons. The van der Waals surface area contributed by atoms with E-state index in [0.717, 1.165) is 0 Å². The fourth-order valence-corrected chi connectivity index (χ4v) is 4.80. The smallest absolute Gasteiger partial charge is 0.259 e. The fourth-order valence-electron chi connectivity index (χ4n) is 4.80. The lowest BCUT2D eigenvalue weighted by atomic mass is 10.0. The number of aryl methyl sites for hydroxylation is 1. The van der Waals surface area contributed by atoms with Crippen LogP contribution in [-0.4, -0.2) is 67.1 Å². The molecule has 5 rings (SSSR count). The number of carbonyl (C=O) groups excluding carboxylic acids is 1. The Bertz CT molecular complexity index is 1230. The van der Waals surface area contributed by atoms with Crippen molar-refractivity contribution in [1.82, 2.24) is 29.9 Å². The third kappa shape index (κ3) is 3.79. The molecule has 178 valence electrons. The lowest BCUT2D eigenvalue weighted by Gasteiger charge is -2.25. The second-order valence-electron chi connectivity index (χ2n) is 9.42. The van der Waals surface area contributed by atoms with Gasteiger partial charge in [-0.3, -0.25) is 4.79 Å². The first-order valence-corrected chi connectivity index (χ1v) is 11.1. The molecule has 0 bridgehead atoms. The van der Waals surface area contributed by atoms with Crippen LogP contribution in [0.3, 0.4) is 0 Å². The highest BCUT2D eigenvalue weighted by atomic mass is 19.1. The van der Waals surface area contributed by atoms with Crippen LogP contribution in [0.4, 0.5) is 14.7 Å². The molecular weight excluding hydrogens is 444 g/mol. The van der Waals surface area contributed by atoms with Gasteiger partial charge >= 0.3 is 0 Å².